The van der Waals surface area contributed by atoms with Gasteiger partial charge in [0.2, 0.25) is 0 Å². The first kappa shape index (κ1) is 19.2. The predicted molar refractivity (Wildman–Crippen MR) is 108 cm³/mol. The molecule has 0 N–H and O–H groups in total. The van der Waals surface area contributed by atoms with E-state index in [0.717, 1.165) is 22.3 Å². The summed E-state index contributed by atoms with van der Waals surface area (Å²) in [4.78, 5) is 0. The standard InChI is InChI=1S/C22H26O2S/c1-15-7-9-21(19(5)17(15)3)11-13-25(23,24)14-12-22-10-8-16(2)18(4)20(22)6/h7-14H,1-6H3. The summed E-state index contributed by atoms with van der Waals surface area (Å²) in [6.45, 7) is 12.3. The maximum absolute atomic E-state index is 12.3. The highest BCUT2D eigenvalue weighted by Crippen LogP contribution is 2.20. The van der Waals surface area contributed by atoms with Crippen molar-refractivity contribution in [1.29, 1.82) is 0 Å². The average Bonchev–Trinajstić information content (AvgIpc) is 2.56. The highest BCUT2D eigenvalue weighted by molar-refractivity contribution is 7.97. The molecular formula is C22H26O2S. The molecule has 2 rings (SSSR count). The van der Waals surface area contributed by atoms with Crippen LogP contribution in [0.4, 0.5) is 0 Å². The lowest BCUT2D eigenvalue weighted by Crippen LogP contribution is -1.93. The van der Waals surface area contributed by atoms with Crippen molar-refractivity contribution in [3.8, 4) is 0 Å². The van der Waals surface area contributed by atoms with Crippen molar-refractivity contribution >= 4 is 22.0 Å². The maximum atomic E-state index is 12.3. The molecule has 25 heavy (non-hydrogen) atoms. The molecule has 2 aromatic rings. The first-order chi connectivity index (χ1) is 11.6. The topological polar surface area (TPSA) is 34.1 Å². The second-order valence-corrected chi connectivity index (χ2v) is 8.36. The zero-order chi connectivity index (χ0) is 18.8. The van der Waals surface area contributed by atoms with Gasteiger partial charge in [-0.05, 0) is 98.2 Å². The van der Waals surface area contributed by atoms with Gasteiger partial charge in [-0.1, -0.05) is 24.3 Å². The number of aryl methyl sites for hydroxylation is 2. The Bertz CT molecular complexity index is 889. The number of hydrogen-bond acceptors (Lipinski definition) is 2. The van der Waals surface area contributed by atoms with Gasteiger partial charge in [-0.2, -0.15) is 0 Å². The van der Waals surface area contributed by atoms with E-state index in [2.05, 4.69) is 27.7 Å². The van der Waals surface area contributed by atoms with Gasteiger partial charge in [0, 0.05) is 10.8 Å². The predicted octanol–water partition coefficient (Wildman–Crippen LogP) is 5.59. The first-order valence-corrected chi connectivity index (χ1v) is 9.98. The van der Waals surface area contributed by atoms with Gasteiger partial charge in [-0.25, -0.2) is 8.42 Å². The minimum absolute atomic E-state index is 0.933. The third-order valence-electron chi connectivity index (χ3n) is 5.07. The molecule has 0 aliphatic heterocycles. The molecule has 2 aromatic carbocycles. The van der Waals surface area contributed by atoms with Crippen LogP contribution in [-0.4, -0.2) is 8.42 Å². The Kier molecular flexibility index (Phi) is 5.69. The molecular weight excluding hydrogens is 328 g/mol. The van der Waals surface area contributed by atoms with E-state index < -0.39 is 9.84 Å². The van der Waals surface area contributed by atoms with Crippen molar-refractivity contribution in [1.82, 2.24) is 0 Å². The minimum atomic E-state index is -3.42. The quantitative estimate of drug-likeness (QED) is 0.717. The number of sulfone groups is 1. The SMILES string of the molecule is Cc1ccc(C=CS(=O)(=O)C=Cc2ccc(C)c(C)c2C)c(C)c1C. The van der Waals surface area contributed by atoms with Crippen LogP contribution in [0.15, 0.2) is 35.1 Å². The van der Waals surface area contributed by atoms with Gasteiger partial charge in [0.05, 0.1) is 0 Å². The summed E-state index contributed by atoms with van der Waals surface area (Å²) in [6.07, 6.45) is 3.35. The van der Waals surface area contributed by atoms with E-state index in [1.165, 1.54) is 33.1 Å². The zero-order valence-corrected chi connectivity index (χ0v) is 16.7. The highest BCUT2D eigenvalue weighted by atomic mass is 32.2. The lowest BCUT2D eigenvalue weighted by atomic mass is 9.99. The second-order valence-electron chi connectivity index (χ2n) is 6.64. The van der Waals surface area contributed by atoms with Crippen LogP contribution in [-0.2, 0) is 9.84 Å². The number of benzene rings is 2. The molecule has 132 valence electrons. The monoisotopic (exact) mass is 354 g/mol. The van der Waals surface area contributed by atoms with Crippen molar-refractivity contribution < 1.29 is 8.42 Å². The molecule has 0 aromatic heterocycles. The van der Waals surface area contributed by atoms with E-state index in [-0.39, 0.29) is 0 Å². The van der Waals surface area contributed by atoms with Gasteiger partial charge in [0.25, 0.3) is 0 Å². The third kappa shape index (κ3) is 4.49. The van der Waals surface area contributed by atoms with Crippen molar-refractivity contribution in [2.45, 2.75) is 41.5 Å². The van der Waals surface area contributed by atoms with Gasteiger partial charge < -0.3 is 0 Å². The number of hydrogen-bond donors (Lipinski definition) is 0. The molecule has 0 heterocycles. The Labute approximate surface area is 151 Å². The second kappa shape index (κ2) is 7.40. The van der Waals surface area contributed by atoms with Gasteiger partial charge >= 0.3 is 0 Å². The van der Waals surface area contributed by atoms with E-state index >= 15 is 0 Å². The van der Waals surface area contributed by atoms with Crippen LogP contribution in [0.3, 0.4) is 0 Å². The first-order valence-electron chi connectivity index (χ1n) is 8.37. The third-order valence-corrected chi connectivity index (χ3v) is 6.11. The maximum Gasteiger partial charge on any atom is 0.193 e. The molecule has 0 saturated carbocycles. The molecule has 0 bridgehead atoms. The molecule has 0 radical (unpaired) electrons. The molecule has 0 amide bonds. The molecule has 0 saturated heterocycles. The number of rotatable bonds is 4. The fourth-order valence-electron chi connectivity index (χ4n) is 2.70. The Hall–Kier alpha value is -2.13. The Morgan fingerprint density at radius 2 is 0.960 bits per heavy atom. The van der Waals surface area contributed by atoms with E-state index in [4.69, 9.17) is 0 Å². The smallest absolute Gasteiger partial charge is 0.193 e. The van der Waals surface area contributed by atoms with Crippen LogP contribution < -0.4 is 0 Å². The average molecular weight is 355 g/mol. The minimum Gasteiger partial charge on any atom is -0.220 e. The Morgan fingerprint density at radius 1 is 0.600 bits per heavy atom. The van der Waals surface area contributed by atoms with Crippen molar-refractivity contribution in [2.75, 3.05) is 0 Å². The summed E-state index contributed by atoms with van der Waals surface area (Å²) in [5, 5.41) is 2.55. The fourth-order valence-corrected chi connectivity index (χ4v) is 3.46. The van der Waals surface area contributed by atoms with Crippen LogP contribution in [0.25, 0.3) is 12.2 Å². The van der Waals surface area contributed by atoms with Gasteiger partial charge in [-0.3, -0.25) is 0 Å². The van der Waals surface area contributed by atoms with Gasteiger partial charge in [-0.15, -0.1) is 0 Å². The summed E-state index contributed by atoms with van der Waals surface area (Å²) in [5.74, 6) is 0. The van der Waals surface area contributed by atoms with Gasteiger partial charge in [0.15, 0.2) is 9.84 Å². The van der Waals surface area contributed by atoms with E-state index in [9.17, 15) is 8.42 Å². The molecule has 0 fully saturated rings. The molecule has 0 unspecified atom stereocenters. The normalized spacial score (nSPS) is 12.4. The Morgan fingerprint density at radius 3 is 1.32 bits per heavy atom. The summed E-state index contributed by atoms with van der Waals surface area (Å²) in [7, 11) is -3.42. The van der Waals surface area contributed by atoms with Crippen molar-refractivity contribution in [2.24, 2.45) is 0 Å². The van der Waals surface area contributed by atoms with E-state index in [1.54, 1.807) is 12.2 Å². The van der Waals surface area contributed by atoms with Crippen LogP contribution in [0.2, 0.25) is 0 Å². The highest BCUT2D eigenvalue weighted by Gasteiger charge is 2.05. The van der Waals surface area contributed by atoms with E-state index in [0.29, 0.717) is 0 Å². The summed E-state index contributed by atoms with van der Waals surface area (Å²) >= 11 is 0. The zero-order valence-electron chi connectivity index (χ0n) is 15.8. The largest absolute Gasteiger partial charge is 0.220 e. The molecule has 2 nitrogen and oxygen atoms in total. The van der Waals surface area contributed by atoms with Crippen molar-refractivity contribution in [3.63, 3.8) is 0 Å². The summed E-state index contributed by atoms with van der Waals surface area (Å²) in [6, 6.07) is 7.95. The Balaban J connectivity index is 2.29. The van der Waals surface area contributed by atoms with Crippen molar-refractivity contribution in [3.05, 3.63) is 79.6 Å². The van der Waals surface area contributed by atoms with Crippen LogP contribution in [0, 0.1) is 41.5 Å². The van der Waals surface area contributed by atoms with Crippen LogP contribution in [0.5, 0.6) is 0 Å². The van der Waals surface area contributed by atoms with Crippen LogP contribution >= 0.6 is 0 Å². The molecule has 0 atom stereocenters. The van der Waals surface area contributed by atoms with E-state index in [1.807, 2.05) is 38.1 Å². The molecule has 0 spiro atoms. The van der Waals surface area contributed by atoms with Crippen LogP contribution in [0.1, 0.15) is 44.5 Å². The summed E-state index contributed by atoms with van der Waals surface area (Å²) in [5.41, 5.74) is 8.90. The molecule has 0 aliphatic carbocycles. The molecule has 0 aliphatic rings. The lowest BCUT2D eigenvalue weighted by molar-refractivity contribution is 0.613. The molecule has 3 heteroatoms. The lowest BCUT2D eigenvalue weighted by Gasteiger charge is -2.08. The fraction of sp³-hybridized carbons (Fsp3) is 0.273. The summed E-state index contributed by atoms with van der Waals surface area (Å²) < 4.78 is 24.7. The van der Waals surface area contributed by atoms with Gasteiger partial charge in [0.1, 0.15) is 0 Å².